The summed E-state index contributed by atoms with van der Waals surface area (Å²) in [5, 5.41) is 8.98. The van der Waals surface area contributed by atoms with Gasteiger partial charge in [0.25, 0.3) is 0 Å². The summed E-state index contributed by atoms with van der Waals surface area (Å²) < 4.78 is 13.2. The maximum atomic E-state index is 13.2. The third-order valence-electron chi connectivity index (χ3n) is 3.47. The number of carbonyl (C=O) groups is 1. The van der Waals surface area contributed by atoms with Gasteiger partial charge in [-0.05, 0) is 30.7 Å². The molecule has 2 atom stereocenters. The normalized spacial score (nSPS) is 22.0. The largest absolute Gasteiger partial charge is 0.481 e. The SMILES string of the molecule is NC[C@H](c1cccc(F)c1)N1CC[C@@H](C(=O)O)C1. The molecule has 0 aromatic heterocycles. The van der Waals surface area contributed by atoms with Gasteiger partial charge in [0.15, 0.2) is 0 Å². The molecule has 0 spiro atoms. The number of benzene rings is 1. The highest BCUT2D eigenvalue weighted by molar-refractivity contribution is 5.70. The Hall–Kier alpha value is -1.46. The first kappa shape index (κ1) is 13.0. The molecule has 1 fully saturated rings. The van der Waals surface area contributed by atoms with Crippen LogP contribution in [-0.2, 0) is 4.79 Å². The number of nitrogens with zero attached hydrogens (tertiary/aromatic N) is 1. The minimum absolute atomic E-state index is 0.106. The van der Waals surface area contributed by atoms with Crippen LogP contribution in [0.4, 0.5) is 4.39 Å². The van der Waals surface area contributed by atoms with Crippen LogP contribution in [0.15, 0.2) is 24.3 Å². The summed E-state index contributed by atoms with van der Waals surface area (Å²) in [5.41, 5.74) is 6.55. The smallest absolute Gasteiger partial charge is 0.307 e. The van der Waals surface area contributed by atoms with Gasteiger partial charge in [0.2, 0.25) is 0 Å². The van der Waals surface area contributed by atoms with Crippen LogP contribution in [0.2, 0.25) is 0 Å². The van der Waals surface area contributed by atoms with E-state index in [1.165, 1.54) is 12.1 Å². The number of carboxylic acids is 1. The number of halogens is 1. The Morgan fingerprint density at radius 1 is 1.61 bits per heavy atom. The molecule has 1 heterocycles. The van der Waals surface area contributed by atoms with Crippen LogP contribution in [0, 0.1) is 11.7 Å². The highest BCUT2D eigenvalue weighted by Gasteiger charge is 2.32. The fourth-order valence-corrected chi connectivity index (χ4v) is 2.48. The van der Waals surface area contributed by atoms with Crippen LogP contribution in [0.5, 0.6) is 0 Å². The van der Waals surface area contributed by atoms with Crippen LogP contribution in [-0.4, -0.2) is 35.6 Å². The summed E-state index contributed by atoms with van der Waals surface area (Å²) in [6.07, 6.45) is 0.626. The third-order valence-corrected chi connectivity index (χ3v) is 3.47. The summed E-state index contributed by atoms with van der Waals surface area (Å²) in [5.74, 6) is -1.40. The minimum atomic E-state index is -0.771. The Bertz CT molecular complexity index is 439. The van der Waals surface area contributed by atoms with Gasteiger partial charge >= 0.3 is 5.97 Å². The van der Waals surface area contributed by atoms with Crippen LogP contribution in [0.1, 0.15) is 18.0 Å². The Morgan fingerprint density at radius 2 is 2.39 bits per heavy atom. The van der Waals surface area contributed by atoms with E-state index in [-0.39, 0.29) is 17.8 Å². The molecule has 0 saturated carbocycles. The average Bonchev–Trinajstić information content (AvgIpc) is 2.80. The van der Waals surface area contributed by atoms with Gasteiger partial charge < -0.3 is 10.8 Å². The summed E-state index contributed by atoms with van der Waals surface area (Å²) in [6.45, 7) is 1.53. The lowest BCUT2D eigenvalue weighted by Gasteiger charge is -2.26. The van der Waals surface area contributed by atoms with Crippen molar-refractivity contribution >= 4 is 5.97 Å². The lowest BCUT2D eigenvalue weighted by Crippen LogP contribution is -2.33. The zero-order chi connectivity index (χ0) is 13.1. The van der Waals surface area contributed by atoms with Crippen molar-refractivity contribution in [3.8, 4) is 0 Å². The van der Waals surface area contributed by atoms with Gasteiger partial charge in [-0.15, -0.1) is 0 Å². The summed E-state index contributed by atoms with van der Waals surface area (Å²) in [4.78, 5) is 13.0. The van der Waals surface area contributed by atoms with E-state index >= 15 is 0 Å². The number of nitrogens with two attached hydrogens (primary N) is 1. The van der Waals surface area contributed by atoms with Crippen molar-refractivity contribution < 1.29 is 14.3 Å². The molecule has 5 heteroatoms. The highest BCUT2D eigenvalue weighted by atomic mass is 19.1. The van der Waals surface area contributed by atoms with E-state index in [9.17, 15) is 9.18 Å². The molecule has 0 aliphatic carbocycles. The van der Waals surface area contributed by atoms with Gasteiger partial charge in [0.1, 0.15) is 5.82 Å². The zero-order valence-electron chi connectivity index (χ0n) is 10.1. The second-order valence-electron chi connectivity index (χ2n) is 4.63. The predicted octanol–water partition coefficient (Wildman–Crippen LogP) is 1.23. The van der Waals surface area contributed by atoms with Gasteiger partial charge in [0, 0.05) is 19.1 Å². The first-order valence-electron chi connectivity index (χ1n) is 6.04. The lowest BCUT2D eigenvalue weighted by atomic mass is 10.1. The Kier molecular flexibility index (Phi) is 3.93. The molecule has 98 valence electrons. The van der Waals surface area contributed by atoms with Crippen molar-refractivity contribution in [2.75, 3.05) is 19.6 Å². The molecule has 0 unspecified atom stereocenters. The number of hydrogen-bond donors (Lipinski definition) is 2. The van der Waals surface area contributed by atoms with Gasteiger partial charge in [-0.1, -0.05) is 12.1 Å². The second-order valence-corrected chi connectivity index (χ2v) is 4.63. The predicted molar refractivity (Wildman–Crippen MR) is 65.5 cm³/mol. The monoisotopic (exact) mass is 252 g/mol. The van der Waals surface area contributed by atoms with Crippen molar-refractivity contribution in [3.63, 3.8) is 0 Å². The standard InChI is InChI=1S/C13H17FN2O2/c14-11-3-1-2-9(6-11)12(7-15)16-5-4-10(8-16)13(17)18/h1-3,6,10,12H,4-5,7-8,15H2,(H,17,18)/t10-,12-/m1/s1. The Labute approximate surface area is 105 Å². The van der Waals surface area contributed by atoms with E-state index in [4.69, 9.17) is 10.8 Å². The number of hydrogen-bond acceptors (Lipinski definition) is 3. The maximum absolute atomic E-state index is 13.2. The highest BCUT2D eigenvalue weighted by Crippen LogP contribution is 2.27. The van der Waals surface area contributed by atoms with Crippen LogP contribution >= 0.6 is 0 Å². The maximum Gasteiger partial charge on any atom is 0.307 e. The van der Waals surface area contributed by atoms with Crippen LogP contribution in [0.3, 0.4) is 0 Å². The van der Waals surface area contributed by atoms with E-state index < -0.39 is 5.97 Å². The molecule has 1 aliphatic heterocycles. The van der Waals surface area contributed by atoms with Gasteiger partial charge in [0.05, 0.1) is 5.92 Å². The van der Waals surface area contributed by atoms with Crippen LogP contribution < -0.4 is 5.73 Å². The van der Waals surface area contributed by atoms with Crippen LogP contribution in [0.25, 0.3) is 0 Å². The number of likely N-dealkylation sites (tertiary alicyclic amines) is 1. The second kappa shape index (κ2) is 5.46. The Morgan fingerprint density at radius 3 is 2.94 bits per heavy atom. The van der Waals surface area contributed by atoms with E-state index in [1.54, 1.807) is 6.07 Å². The Balaban J connectivity index is 2.13. The lowest BCUT2D eigenvalue weighted by molar-refractivity contribution is -0.141. The van der Waals surface area contributed by atoms with Crippen molar-refractivity contribution in [1.29, 1.82) is 0 Å². The molecule has 1 saturated heterocycles. The van der Waals surface area contributed by atoms with Gasteiger partial charge in [-0.25, -0.2) is 4.39 Å². The summed E-state index contributed by atoms with van der Waals surface area (Å²) >= 11 is 0. The van der Waals surface area contributed by atoms with E-state index in [0.717, 1.165) is 5.56 Å². The number of aliphatic carboxylic acids is 1. The van der Waals surface area contributed by atoms with Crippen molar-refractivity contribution in [3.05, 3.63) is 35.6 Å². The summed E-state index contributed by atoms with van der Waals surface area (Å²) in [6, 6.07) is 6.23. The molecule has 0 bridgehead atoms. The topological polar surface area (TPSA) is 66.6 Å². The molecule has 0 amide bonds. The zero-order valence-corrected chi connectivity index (χ0v) is 10.1. The molecule has 2 rings (SSSR count). The van der Waals surface area contributed by atoms with Crippen molar-refractivity contribution in [1.82, 2.24) is 4.90 Å². The first-order valence-corrected chi connectivity index (χ1v) is 6.04. The first-order chi connectivity index (χ1) is 8.61. The number of rotatable bonds is 4. The molecule has 1 aromatic rings. The molecule has 4 nitrogen and oxygen atoms in total. The minimum Gasteiger partial charge on any atom is -0.481 e. The fourth-order valence-electron chi connectivity index (χ4n) is 2.48. The van der Waals surface area contributed by atoms with E-state index in [0.29, 0.717) is 26.1 Å². The molecular weight excluding hydrogens is 235 g/mol. The molecule has 18 heavy (non-hydrogen) atoms. The molecule has 3 N–H and O–H groups in total. The van der Waals surface area contributed by atoms with E-state index in [1.807, 2.05) is 11.0 Å². The molecule has 0 radical (unpaired) electrons. The molecule has 1 aliphatic rings. The van der Waals surface area contributed by atoms with Gasteiger partial charge in [-0.3, -0.25) is 9.69 Å². The summed E-state index contributed by atoms with van der Waals surface area (Å²) in [7, 11) is 0. The van der Waals surface area contributed by atoms with Crippen molar-refractivity contribution in [2.24, 2.45) is 11.7 Å². The third kappa shape index (κ3) is 2.68. The average molecular weight is 252 g/mol. The number of carboxylic acid groups (broad SMARTS) is 1. The van der Waals surface area contributed by atoms with E-state index in [2.05, 4.69) is 0 Å². The fraction of sp³-hybridized carbons (Fsp3) is 0.462. The van der Waals surface area contributed by atoms with Crippen molar-refractivity contribution in [2.45, 2.75) is 12.5 Å². The van der Waals surface area contributed by atoms with Gasteiger partial charge in [-0.2, -0.15) is 0 Å². The molecule has 1 aromatic carbocycles. The molecular formula is C13H17FN2O2. The quantitative estimate of drug-likeness (QED) is 0.846.